The van der Waals surface area contributed by atoms with Crippen molar-refractivity contribution in [3.63, 3.8) is 0 Å². The maximum absolute atomic E-state index is 14.0. The lowest BCUT2D eigenvalue weighted by molar-refractivity contribution is -0.146. The summed E-state index contributed by atoms with van der Waals surface area (Å²) < 4.78 is 45.0. The number of rotatable bonds is 4. The van der Waals surface area contributed by atoms with Crippen molar-refractivity contribution in [2.75, 3.05) is 44.3 Å². The van der Waals surface area contributed by atoms with Crippen LogP contribution < -0.4 is 4.90 Å². The van der Waals surface area contributed by atoms with Gasteiger partial charge in [0.2, 0.25) is 5.91 Å². The first-order chi connectivity index (χ1) is 16.8. The third kappa shape index (κ3) is 5.12. The van der Waals surface area contributed by atoms with Crippen molar-refractivity contribution in [3.8, 4) is 0 Å². The lowest BCUT2D eigenvalue weighted by Gasteiger charge is -2.43. The normalized spacial score (nSPS) is 27.4. The van der Waals surface area contributed by atoms with Gasteiger partial charge in [-0.25, -0.2) is 9.78 Å². The molecule has 4 rings (SSSR count). The van der Waals surface area contributed by atoms with Crippen molar-refractivity contribution < 1.29 is 32.6 Å². The monoisotopic (exact) mass is 512 g/mol. The van der Waals surface area contributed by atoms with Crippen LogP contribution in [0.1, 0.15) is 52.0 Å². The Morgan fingerprint density at radius 2 is 1.86 bits per heavy atom. The van der Waals surface area contributed by atoms with Crippen LogP contribution in [-0.2, 0) is 15.7 Å². The lowest BCUT2D eigenvalue weighted by Crippen LogP contribution is -2.56. The minimum atomic E-state index is -4.44. The predicted molar refractivity (Wildman–Crippen MR) is 127 cm³/mol. The third-order valence-electron chi connectivity index (χ3n) is 7.92. The number of hydrogen-bond acceptors (Lipinski definition) is 5. The van der Waals surface area contributed by atoms with Gasteiger partial charge in [-0.3, -0.25) is 4.79 Å². The van der Waals surface area contributed by atoms with Gasteiger partial charge in [-0.15, -0.1) is 0 Å². The average molecular weight is 513 g/mol. The zero-order chi connectivity index (χ0) is 26.3. The molecule has 8 nitrogen and oxygen atoms in total. The summed E-state index contributed by atoms with van der Waals surface area (Å²) in [6.45, 7) is 8.16. The largest absolute Gasteiger partial charge is 0.465 e. The number of hydrogen-bond donors (Lipinski definition) is 1. The van der Waals surface area contributed by atoms with E-state index in [-0.39, 0.29) is 23.7 Å². The fraction of sp³-hybridized carbons (Fsp3) is 0.720. The molecule has 0 aromatic carbocycles. The number of piperazine rings is 1. The van der Waals surface area contributed by atoms with Gasteiger partial charge in [0.05, 0.1) is 17.6 Å². The third-order valence-corrected chi connectivity index (χ3v) is 7.92. The summed E-state index contributed by atoms with van der Waals surface area (Å²) in [7, 11) is 0. The fourth-order valence-corrected chi connectivity index (χ4v) is 6.19. The van der Waals surface area contributed by atoms with Crippen molar-refractivity contribution in [2.24, 2.45) is 11.3 Å². The SMILES string of the molecule is CC(C)(C)N(C(=O)O)[C@@H]1CC[C@@](C(=O)N2CCN(c3cc(C(F)(F)F)ccn3)CC2)([C@H]2CCOC2)C1. The van der Waals surface area contributed by atoms with E-state index in [1.807, 2.05) is 20.8 Å². The molecule has 3 heterocycles. The fourth-order valence-electron chi connectivity index (χ4n) is 6.19. The molecule has 0 spiro atoms. The Bertz CT molecular complexity index is 969. The Balaban J connectivity index is 1.50. The number of carbonyl (C=O) groups excluding carboxylic acids is 1. The quantitative estimate of drug-likeness (QED) is 0.654. The summed E-state index contributed by atoms with van der Waals surface area (Å²) in [5, 5.41) is 9.92. The zero-order valence-electron chi connectivity index (χ0n) is 21.1. The highest BCUT2D eigenvalue weighted by Crippen LogP contribution is 2.51. The number of anilines is 1. The molecular weight excluding hydrogens is 477 g/mol. The molecule has 1 saturated carbocycles. The lowest BCUT2D eigenvalue weighted by atomic mass is 9.71. The summed E-state index contributed by atoms with van der Waals surface area (Å²) >= 11 is 0. The molecule has 0 bridgehead atoms. The van der Waals surface area contributed by atoms with Gasteiger partial charge in [0.1, 0.15) is 5.82 Å². The first kappa shape index (κ1) is 26.5. The summed E-state index contributed by atoms with van der Waals surface area (Å²) in [4.78, 5) is 35.3. The smallest absolute Gasteiger partial charge is 0.416 e. The molecular formula is C25H35F3N4O4. The standard InChI is InChI=1S/C25H35F3N4O4/c1-23(2,3)32(22(34)35)19-4-7-24(15-19,18-6-13-36-16-18)21(33)31-11-9-30(10-12-31)20-14-17(5-8-29-20)25(26,27)28/h5,8,14,18-19H,4,6-7,9-13,15-16H2,1-3H3,(H,34,35)/t18-,19+,24-/m0/s1. The molecule has 36 heavy (non-hydrogen) atoms. The van der Waals surface area contributed by atoms with Crippen LogP contribution in [0, 0.1) is 11.3 Å². The van der Waals surface area contributed by atoms with Gasteiger partial charge in [0.25, 0.3) is 0 Å². The highest BCUT2D eigenvalue weighted by Gasteiger charge is 2.55. The molecule has 1 aliphatic carbocycles. The van der Waals surface area contributed by atoms with Gasteiger partial charge in [0.15, 0.2) is 0 Å². The number of alkyl halides is 3. The van der Waals surface area contributed by atoms with Crippen molar-refractivity contribution in [3.05, 3.63) is 23.9 Å². The molecule has 200 valence electrons. The van der Waals surface area contributed by atoms with E-state index in [1.54, 1.807) is 9.80 Å². The molecule has 0 unspecified atom stereocenters. The molecule has 0 radical (unpaired) electrons. The Morgan fingerprint density at radius 3 is 2.42 bits per heavy atom. The van der Waals surface area contributed by atoms with Crippen LogP contribution in [0.3, 0.4) is 0 Å². The Morgan fingerprint density at radius 1 is 1.17 bits per heavy atom. The van der Waals surface area contributed by atoms with Crippen LogP contribution in [-0.4, -0.2) is 82.9 Å². The minimum absolute atomic E-state index is 0.0106. The Kier molecular flexibility index (Phi) is 7.15. The van der Waals surface area contributed by atoms with E-state index in [2.05, 4.69) is 4.98 Å². The summed E-state index contributed by atoms with van der Waals surface area (Å²) in [5.41, 5.74) is -2.03. The molecule has 3 atom stereocenters. The van der Waals surface area contributed by atoms with E-state index in [9.17, 15) is 27.9 Å². The van der Waals surface area contributed by atoms with Crippen LogP contribution in [0.2, 0.25) is 0 Å². The number of aromatic nitrogens is 1. The number of amides is 2. The average Bonchev–Trinajstić information content (AvgIpc) is 3.48. The molecule has 2 aliphatic heterocycles. The van der Waals surface area contributed by atoms with Crippen molar-refractivity contribution in [1.29, 1.82) is 0 Å². The first-order valence-electron chi connectivity index (χ1n) is 12.5. The second-order valence-electron chi connectivity index (χ2n) is 11.1. The van der Waals surface area contributed by atoms with E-state index < -0.39 is 28.8 Å². The molecule has 2 saturated heterocycles. The van der Waals surface area contributed by atoms with Crippen LogP contribution in [0.15, 0.2) is 18.3 Å². The van der Waals surface area contributed by atoms with Crippen molar-refractivity contribution >= 4 is 17.8 Å². The van der Waals surface area contributed by atoms with E-state index in [4.69, 9.17) is 4.74 Å². The first-order valence-corrected chi connectivity index (χ1v) is 12.5. The Labute approximate surface area is 209 Å². The molecule has 1 aromatic heterocycles. The van der Waals surface area contributed by atoms with E-state index in [1.165, 1.54) is 4.90 Å². The van der Waals surface area contributed by atoms with E-state index in [0.29, 0.717) is 58.7 Å². The molecule has 11 heteroatoms. The molecule has 3 aliphatic rings. The second kappa shape index (κ2) is 9.72. The summed E-state index contributed by atoms with van der Waals surface area (Å²) in [5.74, 6) is 0.282. The number of ether oxygens (including phenoxy) is 1. The molecule has 3 fully saturated rings. The van der Waals surface area contributed by atoms with Gasteiger partial charge < -0.3 is 24.5 Å². The zero-order valence-corrected chi connectivity index (χ0v) is 21.1. The highest BCUT2D eigenvalue weighted by atomic mass is 19.4. The maximum Gasteiger partial charge on any atom is 0.416 e. The summed E-state index contributed by atoms with van der Waals surface area (Å²) in [6, 6.07) is 1.73. The maximum atomic E-state index is 14.0. The van der Waals surface area contributed by atoms with Gasteiger partial charge in [0, 0.05) is 50.6 Å². The second-order valence-corrected chi connectivity index (χ2v) is 11.1. The minimum Gasteiger partial charge on any atom is -0.465 e. The van der Waals surface area contributed by atoms with Gasteiger partial charge >= 0.3 is 12.3 Å². The van der Waals surface area contributed by atoms with E-state index in [0.717, 1.165) is 24.8 Å². The van der Waals surface area contributed by atoms with Gasteiger partial charge in [-0.05, 0) is 64.5 Å². The van der Waals surface area contributed by atoms with Crippen LogP contribution in [0.5, 0.6) is 0 Å². The summed E-state index contributed by atoms with van der Waals surface area (Å²) in [6.07, 6.45) is -1.84. The number of pyridine rings is 1. The highest BCUT2D eigenvalue weighted by molar-refractivity contribution is 5.84. The van der Waals surface area contributed by atoms with Crippen LogP contribution >= 0.6 is 0 Å². The number of nitrogens with zero attached hydrogens (tertiary/aromatic N) is 4. The topological polar surface area (TPSA) is 86.2 Å². The van der Waals surface area contributed by atoms with Gasteiger partial charge in [-0.1, -0.05) is 0 Å². The number of carboxylic acid groups (broad SMARTS) is 1. The predicted octanol–water partition coefficient (Wildman–Crippen LogP) is 4.10. The number of carbonyl (C=O) groups is 2. The van der Waals surface area contributed by atoms with Gasteiger partial charge in [-0.2, -0.15) is 13.2 Å². The molecule has 2 amide bonds. The molecule has 1 aromatic rings. The van der Waals surface area contributed by atoms with Crippen LogP contribution in [0.25, 0.3) is 0 Å². The molecule has 1 N–H and O–H groups in total. The number of halogens is 3. The van der Waals surface area contributed by atoms with Crippen molar-refractivity contribution in [1.82, 2.24) is 14.8 Å². The van der Waals surface area contributed by atoms with Crippen molar-refractivity contribution in [2.45, 2.75) is 64.2 Å². The van der Waals surface area contributed by atoms with Crippen LogP contribution in [0.4, 0.5) is 23.8 Å². The Hall–Kier alpha value is -2.56. The van der Waals surface area contributed by atoms with E-state index >= 15 is 0 Å².